The standard InChI is InChI=1S/C7H15F2N.ClH/c1-3-7(8,9)5-4-6-10-2;/h10H,3-6H2,1-2H3;1H. The Morgan fingerprint density at radius 1 is 1.36 bits per heavy atom. The van der Waals surface area contributed by atoms with E-state index in [9.17, 15) is 8.78 Å². The van der Waals surface area contributed by atoms with Crippen LogP contribution in [0.15, 0.2) is 0 Å². The number of rotatable bonds is 5. The number of nitrogens with one attached hydrogen (secondary N) is 1. The molecule has 0 spiro atoms. The van der Waals surface area contributed by atoms with Crippen LogP contribution in [0.5, 0.6) is 0 Å². The van der Waals surface area contributed by atoms with Crippen molar-refractivity contribution in [2.24, 2.45) is 0 Å². The molecule has 0 saturated carbocycles. The van der Waals surface area contributed by atoms with Gasteiger partial charge in [0.2, 0.25) is 5.92 Å². The average molecular weight is 188 g/mol. The van der Waals surface area contributed by atoms with Crippen LogP contribution in [-0.4, -0.2) is 19.5 Å². The molecule has 0 aliphatic heterocycles. The molecule has 0 saturated heterocycles. The summed E-state index contributed by atoms with van der Waals surface area (Å²) < 4.78 is 24.9. The molecule has 70 valence electrons. The van der Waals surface area contributed by atoms with Gasteiger partial charge in [0.1, 0.15) is 0 Å². The van der Waals surface area contributed by atoms with E-state index in [1.165, 1.54) is 6.92 Å². The van der Waals surface area contributed by atoms with E-state index in [2.05, 4.69) is 5.32 Å². The summed E-state index contributed by atoms with van der Waals surface area (Å²) in [5.41, 5.74) is 0. The Morgan fingerprint density at radius 2 is 1.91 bits per heavy atom. The first-order valence-electron chi connectivity index (χ1n) is 3.65. The van der Waals surface area contributed by atoms with Gasteiger partial charge >= 0.3 is 0 Å². The van der Waals surface area contributed by atoms with E-state index in [0.717, 1.165) is 0 Å². The highest BCUT2D eigenvalue weighted by Gasteiger charge is 2.24. The maximum Gasteiger partial charge on any atom is 0.247 e. The zero-order chi connectivity index (χ0) is 8.04. The molecule has 0 aliphatic carbocycles. The van der Waals surface area contributed by atoms with Gasteiger partial charge in [-0.05, 0) is 20.0 Å². The van der Waals surface area contributed by atoms with Crippen LogP contribution in [0.1, 0.15) is 26.2 Å². The van der Waals surface area contributed by atoms with Crippen molar-refractivity contribution >= 4 is 12.4 Å². The van der Waals surface area contributed by atoms with Crippen molar-refractivity contribution in [3.05, 3.63) is 0 Å². The lowest BCUT2D eigenvalue weighted by atomic mass is 10.1. The Bertz CT molecular complexity index is 88.5. The molecule has 0 aliphatic rings. The zero-order valence-electron chi connectivity index (χ0n) is 6.99. The van der Waals surface area contributed by atoms with Gasteiger partial charge in [-0.3, -0.25) is 0 Å². The third-order valence-corrected chi connectivity index (χ3v) is 1.49. The van der Waals surface area contributed by atoms with Gasteiger partial charge in [-0.15, -0.1) is 12.4 Å². The first-order valence-corrected chi connectivity index (χ1v) is 3.65. The predicted octanol–water partition coefficient (Wildman–Crippen LogP) is 2.45. The smallest absolute Gasteiger partial charge is 0.247 e. The second kappa shape index (κ2) is 6.80. The molecule has 1 nitrogen and oxygen atoms in total. The van der Waals surface area contributed by atoms with E-state index < -0.39 is 5.92 Å². The Labute approximate surface area is 73.0 Å². The maximum atomic E-state index is 12.4. The maximum absolute atomic E-state index is 12.4. The summed E-state index contributed by atoms with van der Waals surface area (Å²) >= 11 is 0. The van der Waals surface area contributed by atoms with Crippen molar-refractivity contribution in [3.8, 4) is 0 Å². The van der Waals surface area contributed by atoms with Crippen LogP contribution < -0.4 is 5.32 Å². The molecule has 0 atom stereocenters. The average Bonchev–Trinajstić information content (AvgIpc) is 1.89. The third kappa shape index (κ3) is 8.01. The normalized spacial score (nSPS) is 10.9. The van der Waals surface area contributed by atoms with E-state index in [1.54, 1.807) is 7.05 Å². The van der Waals surface area contributed by atoms with E-state index >= 15 is 0 Å². The number of alkyl halides is 2. The molecule has 0 amide bonds. The molecular weight excluding hydrogens is 172 g/mol. The summed E-state index contributed by atoms with van der Waals surface area (Å²) in [7, 11) is 1.77. The SMILES string of the molecule is CCC(F)(F)CCCNC.Cl. The summed E-state index contributed by atoms with van der Waals surface area (Å²) in [4.78, 5) is 0. The van der Waals surface area contributed by atoms with Crippen molar-refractivity contribution < 1.29 is 8.78 Å². The highest BCUT2D eigenvalue weighted by atomic mass is 35.5. The minimum atomic E-state index is -2.45. The first kappa shape index (κ1) is 13.7. The highest BCUT2D eigenvalue weighted by Crippen LogP contribution is 2.23. The molecule has 0 fully saturated rings. The monoisotopic (exact) mass is 187 g/mol. The molecule has 0 unspecified atom stereocenters. The lowest BCUT2D eigenvalue weighted by Gasteiger charge is -2.12. The summed E-state index contributed by atoms with van der Waals surface area (Å²) in [5.74, 6) is -2.45. The summed E-state index contributed by atoms with van der Waals surface area (Å²) in [6.07, 6.45) is 0.512. The molecule has 0 heterocycles. The zero-order valence-corrected chi connectivity index (χ0v) is 7.81. The van der Waals surface area contributed by atoms with Gasteiger partial charge in [0.25, 0.3) is 0 Å². The Morgan fingerprint density at radius 3 is 2.27 bits per heavy atom. The quantitative estimate of drug-likeness (QED) is 0.652. The topological polar surface area (TPSA) is 12.0 Å². The molecule has 0 aromatic heterocycles. The number of hydrogen-bond acceptors (Lipinski definition) is 1. The molecule has 0 rings (SSSR count). The van der Waals surface area contributed by atoms with Crippen molar-refractivity contribution in [1.82, 2.24) is 5.32 Å². The van der Waals surface area contributed by atoms with Crippen LogP contribution in [0, 0.1) is 0 Å². The van der Waals surface area contributed by atoms with Crippen molar-refractivity contribution in [2.45, 2.75) is 32.1 Å². The Balaban J connectivity index is 0. The van der Waals surface area contributed by atoms with Crippen LogP contribution >= 0.6 is 12.4 Å². The number of halogens is 3. The van der Waals surface area contributed by atoms with Gasteiger partial charge in [0.15, 0.2) is 0 Å². The fraction of sp³-hybridized carbons (Fsp3) is 1.00. The molecule has 0 aromatic rings. The van der Waals surface area contributed by atoms with E-state index in [-0.39, 0.29) is 25.2 Å². The Kier molecular flexibility index (Phi) is 8.46. The third-order valence-electron chi connectivity index (χ3n) is 1.49. The number of hydrogen-bond donors (Lipinski definition) is 1. The lowest BCUT2D eigenvalue weighted by molar-refractivity contribution is -0.0129. The summed E-state index contributed by atoms with van der Waals surface area (Å²) in [6.45, 7) is 2.19. The summed E-state index contributed by atoms with van der Waals surface area (Å²) in [5, 5.41) is 2.83. The minimum absolute atomic E-state index is 0. The molecule has 0 radical (unpaired) electrons. The second-order valence-electron chi connectivity index (χ2n) is 2.42. The van der Waals surface area contributed by atoms with Crippen LogP contribution in [0.4, 0.5) is 8.78 Å². The van der Waals surface area contributed by atoms with Crippen LogP contribution in [0.3, 0.4) is 0 Å². The van der Waals surface area contributed by atoms with Crippen molar-refractivity contribution in [1.29, 1.82) is 0 Å². The van der Waals surface area contributed by atoms with Crippen molar-refractivity contribution in [3.63, 3.8) is 0 Å². The second-order valence-corrected chi connectivity index (χ2v) is 2.42. The summed E-state index contributed by atoms with van der Waals surface area (Å²) in [6, 6.07) is 0. The van der Waals surface area contributed by atoms with Gasteiger partial charge in [-0.2, -0.15) is 0 Å². The first-order chi connectivity index (χ1) is 4.62. The highest BCUT2D eigenvalue weighted by molar-refractivity contribution is 5.85. The van der Waals surface area contributed by atoms with Gasteiger partial charge in [0.05, 0.1) is 0 Å². The van der Waals surface area contributed by atoms with Crippen molar-refractivity contribution in [2.75, 3.05) is 13.6 Å². The molecule has 4 heteroatoms. The lowest BCUT2D eigenvalue weighted by Crippen LogP contribution is -2.17. The van der Waals surface area contributed by atoms with Gasteiger partial charge in [-0.25, -0.2) is 8.78 Å². The van der Waals surface area contributed by atoms with Crippen LogP contribution in [0.25, 0.3) is 0 Å². The molecular formula is C7H16ClF2N. The van der Waals surface area contributed by atoms with Gasteiger partial charge in [-0.1, -0.05) is 6.92 Å². The predicted molar refractivity (Wildman–Crippen MR) is 45.6 cm³/mol. The van der Waals surface area contributed by atoms with Gasteiger partial charge < -0.3 is 5.32 Å². The van der Waals surface area contributed by atoms with E-state index in [1.807, 2.05) is 0 Å². The fourth-order valence-corrected chi connectivity index (χ4v) is 0.701. The largest absolute Gasteiger partial charge is 0.320 e. The van der Waals surface area contributed by atoms with Crippen LogP contribution in [0.2, 0.25) is 0 Å². The Hall–Kier alpha value is 0.110. The van der Waals surface area contributed by atoms with E-state index in [4.69, 9.17) is 0 Å². The fourth-order valence-electron chi connectivity index (χ4n) is 0.701. The molecule has 0 bridgehead atoms. The molecule has 1 N–H and O–H groups in total. The minimum Gasteiger partial charge on any atom is -0.320 e. The van der Waals surface area contributed by atoms with Crippen LogP contribution in [-0.2, 0) is 0 Å². The molecule has 11 heavy (non-hydrogen) atoms. The van der Waals surface area contributed by atoms with E-state index in [0.29, 0.717) is 13.0 Å². The van der Waals surface area contributed by atoms with Gasteiger partial charge in [0, 0.05) is 12.8 Å². The molecule has 0 aromatic carbocycles.